The number of anilines is 1. The van der Waals surface area contributed by atoms with Crippen molar-refractivity contribution >= 4 is 32.4 Å². The Kier molecular flexibility index (Phi) is 7.57. The number of benzene rings is 1. The van der Waals surface area contributed by atoms with Gasteiger partial charge in [-0.15, -0.1) is 10.2 Å². The molecule has 8 nitrogen and oxygen atoms in total. The molecule has 0 aliphatic heterocycles. The molecule has 26 heavy (non-hydrogen) atoms. The van der Waals surface area contributed by atoms with Gasteiger partial charge in [0.2, 0.25) is 21.1 Å². The van der Waals surface area contributed by atoms with Crippen LogP contribution in [-0.4, -0.2) is 44.3 Å². The van der Waals surface area contributed by atoms with Gasteiger partial charge in [0.25, 0.3) is 0 Å². The Morgan fingerprint density at radius 2 is 2.00 bits per heavy atom. The van der Waals surface area contributed by atoms with Crippen LogP contribution in [0.15, 0.2) is 29.2 Å². The van der Waals surface area contributed by atoms with Crippen molar-refractivity contribution in [3.8, 4) is 0 Å². The summed E-state index contributed by atoms with van der Waals surface area (Å²) in [6, 6.07) is 4.42. The van der Waals surface area contributed by atoms with Gasteiger partial charge in [-0.05, 0) is 31.2 Å². The molecule has 0 radical (unpaired) electrons. The SMILES string of the molecule is CCOCCc1nnc(NC(=O)CCNS(=O)(=O)c2ccc(F)cc2)s1. The molecule has 2 aromatic rings. The number of halogens is 1. The van der Waals surface area contributed by atoms with Gasteiger partial charge in [0.15, 0.2) is 0 Å². The fraction of sp³-hybridized carbons (Fsp3) is 0.400. The van der Waals surface area contributed by atoms with Gasteiger partial charge in [0, 0.05) is 26.0 Å². The summed E-state index contributed by atoms with van der Waals surface area (Å²) in [5.41, 5.74) is 0. The zero-order valence-electron chi connectivity index (χ0n) is 14.1. The number of hydrogen-bond donors (Lipinski definition) is 2. The van der Waals surface area contributed by atoms with Gasteiger partial charge < -0.3 is 10.1 Å². The summed E-state index contributed by atoms with van der Waals surface area (Å²) >= 11 is 1.24. The van der Waals surface area contributed by atoms with Crippen molar-refractivity contribution in [1.29, 1.82) is 0 Å². The van der Waals surface area contributed by atoms with Crippen molar-refractivity contribution in [3.05, 3.63) is 35.1 Å². The molecule has 0 saturated carbocycles. The Morgan fingerprint density at radius 3 is 2.69 bits per heavy atom. The first kappa shape index (κ1) is 20.4. The van der Waals surface area contributed by atoms with Crippen LogP contribution in [0.25, 0.3) is 0 Å². The van der Waals surface area contributed by atoms with Crippen molar-refractivity contribution in [2.75, 3.05) is 25.1 Å². The average molecular weight is 402 g/mol. The largest absolute Gasteiger partial charge is 0.381 e. The molecule has 2 N–H and O–H groups in total. The Balaban J connectivity index is 1.77. The quantitative estimate of drug-likeness (QED) is 0.584. The van der Waals surface area contributed by atoms with Crippen LogP contribution in [0, 0.1) is 5.82 Å². The summed E-state index contributed by atoms with van der Waals surface area (Å²) in [7, 11) is -3.79. The van der Waals surface area contributed by atoms with E-state index in [0.717, 1.165) is 29.3 Å². The normalized spacial score (nSPS) is 11.5. The minimum atomic E-state index is -3.79. The second-order valence-electron chi connectivity index (χ2n) is 5.10. The number of sulfonamides is 1. The fourth-order valence-corrected chi connectivity index (χ4v) is 3.66. The van der Waals surface area contributed by atoms with Gasteiger partial charge in [0.05, 0.1) is 11.5 Å². The van der Waals surface area contributed by atoms with Crippen LogP contribution in [0.5, 0.6) is 0 Å². The smallest absolute Gasteiger partial charge is 0.240 e. The molecule has 1 aromatic carbocycles. The summed E-state index contributed by atoms with van der Waals surface area (Å²) < 4.78 is 44.4. The predicted octanol–water partition coefficient (Wildman–Crippen LogP) is 1.56. The van der Waals surface area contributed by atoms with E-state index in [0.29, 0.717) is 24.8 Å². The fourth-order valence-electron chi connectivity index (χ4n) is 1.89. The Labute approximate surface area is 154 Å². The minimum absolute atomic E-state index is 0.0672. The molecule has 1 aromatic heterocycles. The first-order chi connectivity index (χ1) is 12.4. The molecule has 0 saturated heterocycles. The summed E-state index contributed by atoms with van der Waals surface area (Å²) in [5.74, 6) is -0.916. The number of aromatic nitrogens is 2. The highest BCUT2D eigenvalue weighted by atomic mass is 32.2. The lowest BCUT2D eigenvalue weighted by Crippen LogP contribution is -2.27. The van der Waals surface area contributed by atoms with E-state index >= 15 is 0 Å². The molecule has 0 unspecified atom stereocenters. The topological polar surface area (TPSA) is 110 Å². The van der Waals surface area contributed by atoms with E-state index in [2.05, 4.69) is 20.2 Å². The molecule has 0 aliphatic rings. The van der Waals surface area contributed by atoms with Crippen LogP contribution in [-0.2, 0) is 26.0 Å². The third kappa shape index (κ3) is 6.41. The van der Waals surface area contributed by atoms with Gasteiger partial charge in [-0.3, -0.25) is 4.79 Å². The van der Waals surface area contributed by atoms with Crippen molar-refractivity contribution in [2.24, 2.45) is 0 Å². The summed E-state index contributed by atoms with van der Waals surface area (Å²) in [4.78, 5) is 11.8. The molecule has 11 heteroatoms. The lowest BCUT2D eigenvalue weighted by Gasteiger charge is -2.06. The highest BCUT2D eigenvalue weighted by molar-refractivity contribution is 7.89. The predicted molar refractivity (Wildman–Crippen MR) is 94.9 cm³/mol. The van der Waals surface area contributed by atoms with E-state index in [4.69, 9.17) is 4.74 Å². The van der Waals surface area contributed by atoms with E-state index in [1.54, 1.807) is 0 Å². The van der Waals surface area contributed by atoms with E-state index in [1.807, 2.05) is 6.92 Å². The molecule has 0 bridgehead atoms. The van der Waals surface area contributed by atoms with E-state index in [-0.39, 0.29) is 23.8 Å². The van der Waals surface area contributed by atoms with Crippen molar-refractivity contribution in [1.82, 2.24) is 14.9 Å². The maximum absolute atomic E-state index is 12.8. The lowest BCUT2D eigenvalue weighted by molar-refractivity contribution is -0.116. The van der Waals surface area contributed by atoms with E-state index in [9.17, 15) is 17.6 Å². The van der Waals surface area contributed by atoms with Gasteiger partial charge >= 0.3 is 0 Å². The lowest BCUT2D eigenvalue weighted by atomic mass is 10.4. The van der Waals surface area contributed by atoms with Gasteiger partial charge in [-0.25, -0.2) is 17.5 Å². The number of amides is 1. The summed E-state index contributed by atoms with van der Waals surface area (Å²) in [6.07, 6.45) is 0.535. The van der Waals surface area contributed by atoms with Gasteiger partial charge in [-0.2, -0.15) is 0 Å². The number of carbonyl (C=O) groups is 1. The molecule has 142 valence electrons. The van der Waals surface area contributed by atoms with Gasteiger partial charge in [0.1, 0.15) is 10.8 Å². The molecular weight excluding hydrogens is 383 g/mol. The molecule has 0 spiro atoms. The second-order valence-corrected chi connectivity index (χ2v) is 7.93. The molecule has 1 heterocycles. The highest BCUT2D eigenvalue weighted by Crippen LogP contribution is 2.16. The van der Waals surface area contributed by atoms with Crippen LogP contribution in [0.2, 0.25) is 0 Å². The molecule has 0 fully saturated rings. The number of nitrogens with one attached hydrogen (secondary N) is 2. The number of carbonyl (C=O) groups excluding carboxylic acids is 1. The third-order valence-corrected chi connectivity index (χ3v) is 5.52. The standard InChI is InChI=1S/C15H19FN4O4S2/c1-2-24-10-8-14-19-20-15(25-14)18-13(21)7-9-17-26(22,23)12-5-3-11(16)4-6-12/h3-6,17H,2,7-10H2,1H3,(H,18,20,21). The number of nitrogens with zero attached hydrogens (tertiary/aromatic N) is 2. The monoisotopic (exact) mass is 402 g/mol. The van der Waals surface area contributed by atoms with Crippen LogP contribution in [0.4, 0.5) is 9.52 Å². The molecule has 0 aliphatic carbocycles. The summed E-state index contributed by atoms with van der Waals surface area (Å²) in [6.45, 7) is 2.96. The van der Waals surface area contributed by atoms with Crippen molar-refractivity contribution in [3.63, 3.8) is 0 Å². The maximum Gasteiger partial charge on any atom is 0.240 e. The zero-order chi connectivity index (χ0) is 19.0. The first-order valence-electron chi connectivity index (χ1n) is 7.86. The number of ether oxygens (including phenoxy) is 1. The van der Waals surface area contributed by atoms with E-state index in [1.165, 1.54) is 11.3 Å². The zero-order valence-corrected chi connectivity index (χ0v) is 15.7. The number of hydrogen-bond acceptors (Lipinski definition) is 7. The van der Waals surface area contributed by atoms with Crippen LogP contribution >= 0.6 is 11.3 Å². The van der Waals surface area contributed by atoms with Gasteiger partial charge in [-0.1, -0.05) is 11.3 Å². The first-order valence-corrected chi connectivity index (χ1v) is 10.2. The second kappa shape index (κ2) is 9.67. The maximum atomic E-state index is 12.8. The number of rotatable bonds is 10. The van der Waals surface area contributed by atoms with Crippen LogP contribution in [0.1, 0.15) is 18.4 Å². The molecule has 2 rings (SSSR count). The highest BCUT2D eigenvalue weighted by Gasteiger charge is 2.15. The Hall–Kier alpha value is -1.95. The van der Waals surface area contributed by atoms with Crippen molar-refractivity contribution < 1.29 is 22.3 Å². The summed E-state index contributed by atoms with van der Waals surface area (Å²) in [5, 5.41) is 11.5. The Bertz CT molecular complexity index is 824. The van der Waals surface area contributed by atoms with E-state index < -0.39 is 15.8 Å². The van der Waals surface area contributed by atoms with Crippen LogP contribution < -0.4 is 10.0 Å². The van der Waals surface area contributed by atoms with Crippen molar-refractivity contribution in [2.45, 2.75) is 24.7 Å². The molecule has 1 amide bonds. The average Bonchev–Trinajstić information content (AvgIpc) is 3.02. The molecular formula is C15H19FN4O4S2. The minimum Gasteiger partial charge on any atom is -0.381 e. The third-order valence-electron chi connectivity index (χ3n) is 3.15. The molecule has 0 atom stereocenters. The Morgan fingerprint density at radius 1 is 1.27 bits per heavy atom. The van der Waals surface area contributed by atoms with Crippen LogP contribution in [0.3, 0.4) is 0 Å².